The molecule has 3 heterocycles. The van der Waals surface area contributed by atoms with Crippen LogP contribution in [0.2, 0.25) is 0 Å². The van der Waals surface area contributed by atoms with Gasteiger partial charge in [0.05, 0.1) is 21.2 Å². The number of nitro benzene ring substituents is 1. The third kappa shape index (κ3) is 2.04. The summed E-state index contributed by atoms with van der Waals surface area (Å²) in [5, 5.41) is 15.2. The van der Waals surface area contributed by atoms with Gasteiger partial charge in [-0.25, -0.2) is 0 Å². The highest BCUT2D eigenvalue weighted by Gasteiger charge is 2.27. The largest absolute Gasteiger partial charge is 0.331 e. The van der Waals surface area contributed by atoms with E-state index in [4.69, 9.17) is 0 Å². The molecule has 5 nitrogen and oxygen atoms in total. The van der Waals surface area contributed by atoms with Gasteiger partial charge in [0.2, 0.25) is 0 Å². The summed E-state index contributed by atoms with van der Waals surface area (Å²) < 4.78 is 2.22. The maximum absolute atomic E-state index is 10.8. The van der Waals surface area contributed by atoms with Crippen LogP contribution in [-0.2, 0) is 6.54 Å². The minimum absolute atomic E-state index is 0.131. The van der Waals surface area contributed by atoms with E-state index in [1.807, 2.05) is 18.2 Å². The van der Waals surface area contributed by atoms with Crippen LogP contribution in [0.1, 0.15) is 22.2 Å². The first-order chi connectivity index (χ1) is 10.7. The molecule has 1 aromatic carbocycles. The minimum Gasteiger partial charge on any atom is -0.331 e. The van der Waals surface area contributed by atoms with Crippen LogP contribution in [0.15, 0.2) is 54.0 Å². The first-order valence-corrected chi connectivity index (χ1v) is 7.93. The molecule has 1 aliphatic rings. The van der Waals surface area contributed by atoms with Crippen LogP contribution in [0.25, 0.3) is 5.69 Å². The minimum atomic E-state index is -0.360. The molecule has 0 saturated heterocycles. The van der Waals surface area contributed by atoms with Crippen molar-refractivity contribution in [3.8, 4) is 5.69 Å². The van der Waals surface area contributed by atoms with Gasteiger partial charge in [-0.15, -0.1) is 11.3 Å². The summed E-state index contributed by atoms with van der Waals surface area (Å²) in [5.74, 6) is 0. The van der Waals surface area contributed by atoms with Gasteiger partial charge < -0.3 is 9.88 Å². The molecule has 22 heavy (non-hydrogen) atoms. The Morgan fingerprint density at radius 2 is 2.05 bits per heavy atom. The van der Waals surface area contributed by atoms with Crippen molar-refractivity contribution in [3.63, 3.8) is 0 Å². The summed E-state index contributed by atoms with van der Waals surface area (Å²) in [4.78, 5) is 11.8. The van der Waals surface area contributed by atoms with E-state index in [9.17, 15) is 10.1 Å². The predicted octanol–water partition coefficient (Wildman–Crippen LogP) is 2.61. The van der Waals surface area contributed by atoms with Crippen LogP contribution >= 0.6 is 11.3 Å². The molecule has 1 aliphatic heterocycles. The molecule has 4 rings (SSSR count). The summed E-state index contributed by atoms with van der Waals surface area (Å²) in [7, 11) is 0. The molecule has 0 fully saturated rings. The summed E-state index contributed by atoms with van der Waals surface area (Å²) in [5.41, 5.74) is 3.66. The molecule has 0 saturated carbocycles. The van der Waals surface area contributed by atoms with Gasteiger partial charge in [0.15, 0.2) is 6.04 Å². The maximum Gasteiger partial charge on any atom is 0.269 e. The highest BCUT2D eigenvalue weighted by molar-refractivity contribution is 7.10. The number of nitrogens with zero attached hydrogens (tertiary/aromatic N) is 2. The van der Waals surface area contributed by atoms with Gasteiger partial charge in [-0.05, 0) is 35.7 Å². The highest BCUT2D eigenvalue weighted by Crippen LogP contribution is 2.29. The van der Waals surface area contributed by atoms with E-state index in [1.165, 1.54) is 16.3 Å². The van der Waals surface area contributed by atoms with Crippen LogP contribution < -0.4 is 5.32 Å². The van der Waals surface area contributed by atoms with Crippen molar-refractivity contribution in [2.24, 2.45) is 0 Å². The van der Waals surface area contributed by atoms with Crippen molar-refractivity contribution < 1.29 is 10.2 Å². The van der Waals surface area contributed by atoms with Gasteiger partial charge >= 0.3 is 0 Å². The second-order valence-corrected chi connectivity index (χ2v) is 6.30. The lowest BCUT2D eigenvalue weighted by atomic mass is 10.0. The average Bonchev–Trinajstić information content (AvgIpc) is 3.15. The Hall–Kier alpha value is -2.44. The predicted molar refractivity (Wildman–Crippen MR) is 84.2 cm³/mol. The smallest absolute Gasteiger partial charge is 0.269 e. The molecule has 1 unspecified atom stereocenters. The van der Waals surface area contributed by atoms with Gasteiger partial charge in [-0.1, -0.05) is 0 Å². The van der Waals surface area contributed by atoms with E-state index in [0.717, 1.165) is 12.1 Å². The number of thiophene rings is 1. The molecule has 0 radical (unpaired) electrons. The molecule has 0 amide bonds. The zero-order valence-corrected chi connectivity index (χ0v) is 12.5. The normalized spacial score (nSPS) is 16.6. The lowest BCUT2D eigenvalue weighted by molar-refractivity contribution is -0.701. The molecule has 0 spiro atoms. The number of nitrogens with two attached hydrogens (primary N) is 1. The number of fused-ring (bicyclic) bond motifs is 3. The van der Waals surface area contributed by atoms with Crippen LogP contribution in [0.3, 0.4) is 0 Å². The summed E-state index contributed by atoms with van der Waals surface area (Å²) in [6, 6.07) is 13.3. The first-order valence-electron chi connectivity index (χ1n) is 7.06. The molecule has 2 N–H and O–H groups in total. The van der Waals surface area contributed by atoms with Crippen LogP contribution in [0.4, 0.5) is 5.69 Å². The standard InChI is InChI=1S/C16H13N3O2S/c20-19(21)12-5-3-11(4-6-12)16-14-2-1-8-18(14)13-7-9-22-15(13)10-17-16/h1-9,16-17H,10H2/p+1. The zero-order chi connectivity index (χ0) is 15.1. The number of hydrogen-bond donors (Lipinski definition) is 1. The number of aromatic nitrogens is 1. The Kier molecular flexibility index (Phi) is 3.06. The average molecular weight is 312 g/mol. The van der Waals surface area contributed by atoms with E-state index in [-0.39, 0.29) is 16.7 Å². The van der Waals surface area contributed by atoms with Gasteiger partial charge in [-0.2, -0.15) is 0 Å². The Bertz CT molecular complexity index is 835. The molecular weight excluding hydrogens is 298 g/mol. The van der Waals surface area contributed by atoms with Gasteiger partial charge in [0, 0.05) is 23.9 Å². The topological polar surface area (TPSA) is 64.7 Å². The molecular formula is C16H14N3O2S+. The van der Waals surface area contributed by atoms with E-state index in [2.05, 4.69) is 33.6 Å². The summed E-state index contributed by atoms with van der Waals surface area (Å²) >= 11 is 1.77. The van der Waals surface area contributed by atoms with Gasteiger partial charge in [-0.3, -0.25) is 10.1 Å². The highest BCUT2D eigenvalue weighted by atomic mass is 32.1. The number of quaternary nitrogens is 1. The van der Waals surface area contributed by atoms with Crippen molar-refractivity contribution in [1.29, 1.82) is 0 Å². The molecule has 1 atom stereocenters. The quantitative estimate of drug-likeness (QED) is 0.584. The lowest BCUT2D eigenvalue weighted by Gasteiger charge is -2.14. The lowest BCUT2D eigenvalue weighted by Crippen LogP contribution is -2.83. The number of non-ortho nitro benzene ring substituents is 1. The Morgan fingerprint density at radius 3 is 2.82 bits per heavy atom. The SMILES string of the molecule is O=[N+]([O-])c1ccc(C2[NH2+]Cc3sccc3-n3cccc32)cc1. The summed E-state index contributed by atoms with van der Waals surface area (Å²) in [6.07, 6.45) is 2.08. The molecule has 6 heteroatoms. The summed E-state index contributed by atoms with van der Waals surface area (Å²) in [6.45, 7) is 0.913. The first kappa shape index (κ1) is 13.2. The zero-order valence-electron chi connectivity index (χ0n) is 11.7. The van der Waals surface area contributed by atoms with E-state index in [1.54, 1.807) is 23.5 Å². The molecule has 2 aromatic heterocycles. The molecule has 3 aromatic rings. The Balaban J connectivity index is 1.77. The molecule has 110 valence electrons. The van der Waals surface area contributed by atoms with Crippen molar-refractivity contribution in [2.45, 2.75) is 12.6 Å². The van der Waals surface area contributed by atoms with Crippen LogP contribution in [0.5, 0.6) is 0 Å². The monoisotopic (exact) mass is 312 g/mol. The molecule has 0 bridgehead atoms. The van der Waals surface area contributed by atoms with Crippen LogP contribution in [0, 0.1) is 10.1 Å². The Labute approximate surface area is 131 Å². The number of hydrogen-bond acceptors (Lipinski definition) is 3. The number of rotatable bonds is 2. The number of benzene rings is 1. The fourth-order valence-corrected chi connectivity index (χ4v) is 3.86. The van der Waals surface area contributed by atoms with Crippen molar-refractivity contribution in [1.82, 2.24) is 4.57 Å². The van der Waals surface area contributed by atoms with Crippen molar-refractivity contribution in [3.05, 3.63) is 80.3 Å². The number of nitro groups is 1. The fourth-order valence-electron chi connectivity index (χ4n) is 3.02. The van der Waals surface area contributed by atoms with Gasteiger partial charge in [0.25, 0.3) is 5.69 Å². The van der Waals surface area contributed by atoms with E-state index >= 15 is 0 Å². The van der Waals surface area contributed by atoms with Gasteiger partial charge in [0.1, 0.15) is 6.54 Å². The Morgan fingerprint density at radius 1 is 1.23 bits per heavy atom. The van der Waals surface area contributed by atoms with E-state index in [0.29, 0.717) is 0 Å². The fraction of sp³-hybridized carbons (Fsp3) is 0.125. The van der Waals surface area contributed by atoms with Crippen molar-refractivity contribution in [2.75, 3.05) is 0 Å². The molecule has 0 aliphatic carbocycles. The second kappa shape index (κ2) is 5.08. The van der Waals surface area contributed by atoms with Crippen molar-refractivity contribution >= 4 is 17.0 Å². The van der Waals surface area contributed by atoms with E-state index < -0.39 is 0 Å². The third-order valence-corrected chi connectivity index (χ3v) is 5.01. The third-order valence-electron chi connectivity index (χ3n) is 4.08. The second-order valence-electron chi connectivity index (χ2n) is 5.30. The maximum atomic E-state index is 10.8. The van der Waals surface area contributed by atoms with Crippen LogP contribution in [-0.4, -0.2) is 9.49 Å².